The molecule has 0 saturated carbocycles. The number of cyclic esters (lactones) is 1. The van der Waals surface area contributed by atoms with Gasteiger partial charge >= 0.3 is 5.97 Å². The molecule has 1 aliphatic rings. The first kappa shape index (κ1) is 5.35. The quantitative estimate of drug-likeness (QED) is 0.369. The Morgan fingerprint density at radius 1 is 2.00 bits per heavy atom. The second-order valence-electron chi connectivity index (χ2n) is 2.03. The van der Waals surface area contributed by atoms with Gasteiger partial charge in [0.05, 0.1) is 0 Å². The van der Waals surface area contributed by atoms with Crippen LogP contribution >= 0.6 is 0 Å². The Balaban J connectivity index is 2.49. The van der Waals surface area contributed by atoms with Crippen molar-refractivity contribution in [3.05, 3.63) is 12.2 Å². The Morgan fingerprint density at radius 2 is 2.62 bits per heavy atom. The van der Waals surface area contributed by atoms with Crippen LogP contribution in [0.25, 0.3) is 0 Å². The number of esters is 1. The monoisotopic (exact) mass is 112 g/mol. The van der Waals surface area contributed by atoms with Crippen molar-refractivity contribution in [2.24, 2.45) is 5.92 Å². The van der Waals surface area contributed by atoms with Crippen molar-refractivity contribution in [2.75, 3.05) is 6.61 Å². The van der Waals surface area contributed by atoms with E-state index >= 15 is 0 Å². The summed E-state index contributed by atoms with van der Waals surface area (Å²) in [5.74, 6) is -0.132. The standard InChI is InChI=1S/C6H8O2/c1-4(2)5-3-8-6(5)7/h5H,1,3H2,2H3. The van der Waals surface area contributed by atoms with Crippen molar-refractivity contribution in [1.29, 1.82) is 0 Å². The van der Waals surface area contributed by atoms with Crippen LogP contribution in [0.3, 0.4) is 0 Å². The van der Waals surface area contributed by atoms with Gasteiger partial charge in [-0.15, -0.1) is 0 Å². The topological polar surface area (TPSA) is 26.3 Å². The lowest BCUT2D eigenvalue weighted by Gasteiger charge is -2.24. The first-order valence-corrected chi connectivity index (χ1v) is 2.54. The van der Waals surface area contributed by atoms with E-state index in [2.05, 4.69) is 11.3 Å². The highest BCUT2D eigenvalue weighted by Crippen LogP contribution is 2.18. The van der Waals surface area contributed by atoms with Crippen LogP contribution in [-0.4, -0.2) is 12.6 Å². The largest absolute Gasteiger partial charge is 0.464 e. The Labute approximate surface area is 48.1 Å². The Morgan fingerprint density at radius 3 is 2.62 bits per heavy atom. The molecule has 0 aromatic heterocycles. The van der Waals surface area contributed by atoms with Gasteiger partial charge in [0.25, 0.3) is 0 Å². The van der Waals surface area contributed by atoms with Crippen molar-refractivity contribution in [2.45, 2.75) is 6.92 Å². The number of hydrogen-bond acceptors (Lipinski definition) is 2. The molecule has 2 heteroatoms. The zero-order chi connectivity index (χ0) is 6.15. The van der Waals surface area contributed by atoms with Crippen LogP contribution in [0.1, 0.15) is 6.92 Å². The third-order valence-corrected chi connectivity index (χ3v) is 1.27. The molecule has 0 aromatic rings. The molecule has 2 nitrogen and oxygen atoms in total. The fourth-order valence-corrected chi connectivity index (χ4v) is 0.578. The van der Waals surface area contributed by atoms with E-state index in [1.54, 1.807) is 0 Å². The predicted molar refractivity (Wildman–Crippen MR) is 29.3 cm³/mol. The summed E-state index contributed by atoms with van der Waals surface area (Å²) in [6.45, 7) is 6.00. The third kappa shape index (κ3) is 0.619. The predicted octanol–water partition coefficient (Wildman–Crippen LogP) is 0.736. The Kier molecular flexibility index (Phi) is 1.08. The third-order valence-electron chi connectivity index (χ3n) is 1.27. The molecule has 0 aromatic carbocycles. The van der Waals surface area contributed by atoms with E-state index in [0.29, 0.717) is 6.61 Å². The number of hydrogen-bond donors (Lipinski definition) is 0. The molecule has 0 radical (unpaired) electrons. The summed E-state index contributed by atoms with van der Waals surface area (Å²) in [4.78, 5) is 10.4. The summed E-state index contributed by atoms with van der Waals surface area (Å²) >= 11 is 0. The normalized spacial score (nSPS) is 26.1. The van der Waals surface area contributed by atoms with Crippen molar-refractivity contribution in [3.8, 4) is 0 Å². The van der Waals surface area contributed by atoms with E-state index in [1.165, 1.54) is 0 Å². The maximum absolute atomic E-state index is 10.4. The van der Waals surface area contributed by atoms with E-state index in [9.17, 15) is 4.79 Å². The minimum Gasteiger partial charge on any atom is -0.464 e. The van der Waals surface area contributed by atoms with E-state index in [1.807, 2.05) is 6.92 Å². The zero-order valence-corrected chi connectivity index (χ0v) is 4.81. The van der Waals surface area contributed by atoms with E-state index in [-0.39, 0.29) is 11.9 Å². The van der Waals surface area contributed by atoms with E-state index in [4.69, 9.17) is 0 Å². The lowest BCUT2D eigenvalue weighted by Crippen LogP contribution is -2.34. The lowest BCUT2D eigenvalue weighted by molar-refractivity contribution is -0.165. The van der Waals surface area contributed by atoms with Gasteiger partial charge in [0.1, 0.15) is 12.5 Å². The average molecular weight is 112 g/mol. The van der Waals surface area contributed by atoms with Crippen LogP contribution in [0.4, 0.5) is 0 Å². The van der Waals surface area contributed by atoms with Crippen LogP contribution < -0.4 is 0 Å². The molecule has 1 atom stereocenters. The van der Waals surface area contributed by atoms with Crippen molar-refractivity contribution in [1.82, 2.24) is 0 Å². The molecule has 8 heavy (non-hydrogen) atoms. The zero-order valence-electron chi connectivity index (χ0n) is 4.81. The molecule has 1 aliphatic heterocycles. The summed E-state index contributed by atoms with van der Waals surface area (Å²) in [5.41, 5.74) is 0.904. The molecule has 0 N–H and O–H groups in total. The Hall–Kier alpha value is -0.790. The first-order chi connectivity index (χ1) is 3.72. The van der Waals surface area contributed by atoms with Crippen molar-refractivity contribution in [3.63, 3.8) is 0 Å². The highest BCUT2D eigenvalue weighted by molar-refractivity contribution is 5.80. The number of rotatable bonds is 1. The molecule has 0 bridgehead atoms. The van der Waals surface area contributed by atoms with Gasteiger partial charge in [-0.25, -0.2) is 0 Å². The second-order valence-corrected chi connectivity index (χ2v) is 2.03. The van der Waals surface area contributed by atoms with Gasteiger partial charge in [-0.3, -0.25) is 4.79 Å². The SMILES string of the molecule is C=C(C)C1COC1=O. The van der Waals surface area contributed by atoms with Crippen LogP contribution in [0.2, 0.25) is 0 Å². The van der Waals surface area contributed by atoms with Crippen LogP contribution in [0.15, 0.2) is 12.2 Å². The molecule has 0 amide bonds. The minimum atomic E-state index is -0.127. The highest BCUT2D eigenvalue weighted by atomic mass is 16.6. The minimum absolute atomic E-state index is 0.00463. The summed E-state index contributed by atoms with van der Waals surface area (Å²) < 4.78 is 4.50. The maximum Gasteiger partial charge on any atom is 0.316 e. The Bertz CT molecular complexity index is 129. The number of carbonyl (C=O) groups excluding carboxylic acids is 1. The summed E-state index contributed by atoms with van der Waals surface area (Å²) in [6.07, 6.45) is 0. The highest BCUT2D eigenvalue weighted by Gasteiger charge is 2.30. The molecule has 1 heterocycles. The number of carbonyl (C=O) groups is 1. The van der Waals surface area contributed by atoms with Gasteiger partial charge in [0.2, 0.25) is 0 Å². The molecular formula is C6H8O2. The molecule has 44 valence electrons. The molecule has 1 unspecified atom stereocenters. The summed E-state index contributed by atoms with van der Waals surface area (Å²) in [7, 11) is 0. The van der Waals surface area contributed by atoms with Crippen LogP contribution in [0.5, 0.6) is 0 Å². The summed E-state index contributed by atoms with van der Waals surface area (Å²) in [5, 5.41) is 0. The van der Waals surface area contributed by atoms with Gasteiger partial charge in [0.15, 0.2) is 0 Å². The van der Waals surface area contributed by atoms with Gasteiger partial charge in [-0.05, 0) is 6.92 Å². The fourth-order valence-electron chi connectivity index (χ4n) is 0.578. The van der Waals surface area contributed by atoms with E-state index in [0.717, 1.165) is 5.57 Å². The lowest BCUT2D eigenvalue weighted by atomic mass is 10.0. The molecule has 1 fully saturated rings. The molecular weight excluding hydrogens is 104 g/mol. The first-order valence-electron chi connectivity index (χ1n) is 2.54. The van der Waals surface area contributed by atoms with Crippen molar-refractivity contribution < 1.29 is 9.53 Å². The maximum atomic E-state index is 10.4. The van der Waals surface area contributed by atoms with Crippen molar-refractivity contribution >= 4 is 5.97 Å². The molecule has 1 saturated heterocycles. The van der Waals surface area contributed by atoms with Crippen LogP contribution in [0, 0.1) is 5.92 Å². The van der Waals surface area contributed by atoms with Gasteiger partial charge in [-0.2, -0.15) is 0 Å². The van der Waals surface area contributed by atoms with Gasteiger partial charge in [0, 0.05) is 0 Å². The van der Waals surface area contributed by atoms with Gasteiger partial charge in [-0.1, -0.05) is 12.2 Å². The smallest absolute Gasteiger partial charge is 0.316 e. The average Bonchev–Trinajstić information content (AvgIpc) is 1.61. The summed E-state index contributed by atoms with van der Waals surface area (Å²) in [6, 6.07) is 0. The fraction of sp³-hybridized carbons (Fsp3) is 0.500. The van der Waals surface area contributed by atoms with E-state index < -0.39 is 0 Å². The van der Waals surface area contributed by atoms with Gasteiger partial charge < -0.3 is 4.74 Å². The number of ether oxygens (including phenoxy) is 1. The second kappa shape index (κ2) is 1.62. The molecule has 0 aliphatic carbocycles. The molecule has 0 spiro atoms. The van der Waals surface area contributed by atoms with Crippen LogP contribution in [-0.2, 0) is 9.53 Å². The molecule has 1 rings (SSSR count).